The van der Waals surface area contributed by atoms with Crippen LogP contribution >= 0.6 is 11.6 Å². The van der Waals surface area contributed by atoms with Crippen molar-refractivity contribution < 1.29 is 25.2 Å². The highest BCUT2D eigenvalue weighted by Crippen LogP contribution is 2.30. The molecule has 0 aromatic rings. The van der Waals surface area contributed by atoms with Gasteiger partial charge in [0.15, 0.2) is 6.23 Å². The molecule has 7 atom stereocenters. The van der Waals surface area contributed by atoms with Gasteiger partial charge in [-0.25, -0.2) is 4.99 Å². The molecule has 1 fully saturated rings. The number of aliphatic hydroxyl groups excluding tert-OH is 4. The van der Waals surface area contributed by atoms with Crippen LogP contribution in [0.3, 0.4) is 0 Å². The number of ether oxygens (including phenoxy) is 1. The van der Waals surface area contributed by atoms with Gasteiger partial charge in [0.25, 0.3) is 0 Å². The molecule has 0 aromatic heterocycles. The summed E-state index contributed by atoms with van der Waals surface area (Å²) in [4.78, 5) is 9.81. The summed E-state index contributed by atoms with van der Waals surface area (Å²) in [7, 11) is 0. The lowest BCUT2D eigenvalue weighted by Gasteiger charge is -2.36. The SMILES string of the molecule is NC1=NC(Cl)=CC2C1N=CN2C1O[C@H](CO)[C@@H](O)[C@H](O)C[C@H]1O. The van der Waals surface area contributed by atoms with Crippen LogP contribution in [0, 0.1) is 0 Å². The van der Waals surface area contributed by atoms with Gasteiger partial charge in [-0.2, -0.15) is 0 Å². The Kier molecular flexibility index (Phi) is 4.59. The fourth-order valence-corrected chi connectivity index (χ4v) is 3.26. The summed E-state index contributed by atoms with van der Waals surface area (Å²) in [5, 5.41) is 39.7. The Bertz CT molecular complexity index is 556. The third-order valence-electron chi connectivity index (χ3n) is 4.25. The molecule has 0 saturated carbocycles. The monoisotopic (exact) mass is 346 g/mol. The fraction of sp³-hybridized carbons (Fsp3) is 0.692. The second kappa shape index (κ2) is 6.34. The second-order valence-electron chi connectivity index (χ2n) is 5.78. The molecule has 0 amide bonds. The first-order chi connectivity index (χ1) is 10.9. The molecular formula is C13H19ClN4O5. The molecule has 1 saturated heterocycles. The maximum absolute atomic E-state index is 10.3. The zero-order chi connectivity index (χ0) is 16.7. The largest absolute Gasteiger partial charge is 0.394 e. The van der Waals surface area contributed by atoms with Crippen molar-refractivity contribution in [3.63, 3.8) is 0 Å². The van der Waals surface area contributed by atoms with Gasteiger partial charge >= 0.3 is 0 Å². The van der Waals surface area contributed by atoms with Crippen molar-refractivity contribution in [1.82, 2.24) is 4.90 Å². The van der Waals surface area contributed by atoms with E-state index < -0.39 is 49.3 Å². The molecule has 0 spiro atoms. The van der Waals surface area contributed by atoms with E-state index in [0.717, 1.165) is 0 Å². The van der Waals surface area contributed by atoms with E-state index in [1.165, 1.54) is 6.34 Å². The summed E-state index contributed by atoms with van der Waals surface area (Å²) < 4.78 is 5.63. The van der Waals surface area contributed by atoms with E-state index in [9.17, 15) is 20.4 Å². The minimum absolute atomic E-state index is 0.106. The maximum atomic E-state index is 10.3. The van der Waals surface area contributed by atoms with Crippen LogP contribution < -0.4 is 5.73 Å². The molecule has 10 heteroatoms. The third kappa shape index (κ3) is 2.95. The van der Waals surface area contributed by atoms with E-state index in [2.05, 4.69) is 9.98 Å². The number of rotatable bonds is 2. The molecule has 128 valence electrons. The number of nitrogens with two attached hydrogens (primary N) is 1. The molecule has 0 aliphatic carbocycles. The minimum Gasteiger partial charge on any atom is -0.394 e. The minimum atomic E-state index is -1.30. The van der Waals surface area contributed by atoms with Crippen molar-refractivity contribution >= 4 is 23.8 Å². The highest BCUT2D eigenvalue weighted by atomic mass is 35.5. The van der Waals surface area contributed by atoms with Crippen molar-refractivity contribution in [3.05, 3.63) is 11.2 Å². The molecule has 23 heavy (non-hydrogen) atoms. The Balaban J connectivity index is 1.86. The predicted octanol–water partition coefficient (Wildman–Crippen LogP) is -2.29. The fourth-order valence-electron chi connectivity index (χ4n) is 3.03. The van der Waals surface area contributed by atoms with E-state index >= 15 is 0 Å². The van der Waals surface area contributed by atoms with Gasteiger partial charge in [0.2, 0.25) is 0 Å². The van der Waals surface area contributed by atoms with Crippen molar-refractivity contribution in [2.45, 2.75) is 49.1 Å². The van der Waals surface area contributed by atoms with Gasteiger partial charge in [-0.3, -0.25) is 4.99 Å². The number of halogens is 1. The summed E-state index contributed by atoms with van der Waals surface area (Å²) in [6.07, 6.45) is -2.57. The molecule has 3 unspecified atom stereocenters. The van der Waals surface area contributed by atoms with Crippen LogP contribution in [-0.2, 0) is 4.74 Å². The van der Waals surface area contributed by atoms with Gasteiger partial charge in [-0.1, -0.05) is 11.6 Å². The van der Waals surface area contributed by atoms with Crippen molar-refractivity contribution in [1.29, 1.82) is 0 Å². The number of aliphatic imine (C=N–C) groups is 2. The summed E-state index contributed by atoms with van der Waals surface area (Å²) >= 11 is 5.94. The van der Waals surface area contributed by atoms with Crippen molar-refractivity contribution in [2.75, 3.05) is 6.61 Å². The zero-order valence-electron chi connectivity index (χ0n) is 12.1. The third-order valence-corrected chi connectivity index (χ3v) is 4.46. The van der Waals surface area contributed by atoms with E-state index in [0.29, 0.717) is 0 Å². The Morgan fingerprint density at radius 1 is 1.35 bits per heavy atom. The number of hydrogen-bond donors (Lipinski definition) is 5. The number of hydrogen-bond acceptors (Lipinski definition) is 9. The summed E-state index contributed by atoms with van der Waals surface area (Å²) in [6.45, 7) is -0.499. The average molecular weight is 347 g/mol. The molecular weight excluding hydrogens is 328 g/mol. The molecule has 6 N–H and O–H groups in total. The van der Waals surface area contributed by atoms with Crippen LogP contribution in [0.15, 0.2) is 21.2 Å². The smallest absolute Gasteiger partial charge is 0.158 e. The van der Waals surface area contributed by atoms with E-state index in [1.807, 2.05) is 0 Å². The van der Waals surface area contributed by atoms with Crippen LogP contribution in [-0.4, -0.2) is 86.8 Å². The Hall–Kier alpha value is -1.23. The number of amidine groups is 1. The van der Waals surface area contributed by atoms with Crippen LogP contribution in [0.25, 0.3) is 0 Å². The maximum Gasteiger partial charge on any atom is 0.158 e. The number of nitrogens with zero attached hydrogens (tertiary/aromatic N) is 3. The zero-order valence-corrected chi connectivity index (χ0v) is 12.9. The molecule has 0 aromatic carbocycles. The quantitative estimate of drug-likeness (QED) is 0.354. The average Bonchev–Trinajstić information content (AvgIpc) is 2.87. The first kappa shape index (κ1) is 16.6. The number of fused-ring (bicyclic) bond motifs is 1. The topological polar surface area (TPSA) is 144 Å². The van der Waals surface area contributed by atoms with Crippen LogP contribution in [0.4, 0.5) is 0 Å². The van der Waals surface area contributed by atoms with Gasteiger partial charge in [-0.15, -0.1) is 0 Å². The van der Waals surface area contributed by atoms with Crippen molar-refractivity contribution in [3.8, 4) is 0 Å². The molecule has 9 nitrogen and oxygen atoms in total. The van der Waals surface area contributed by atoms with Gasteiger partial charge in [0, 0.05) is 6.42 Å². The van der Waals surface area contributed by atoms with Crippen LogP contribution in [0.2, 0.25) is 0 Å². The molecule has 3 aliphatic heterocycles. The van der Waals surface area contributed by atoms with E-state index in [-0.39, 0.29) is 17.4 Å². The van der Waals surface area contributed by atoms with Crippen molar-refractivity contribution in [2.24, 2.45) is 15.7 Å². The molecule has 3 aliphatic rings. The number of aliphatic hydroxyl groups is 4. The summed E-state index contributed by atoms with van der Waals surface area (Å²) in [6, 6.07) is -0.842. The van der Waals surface area contributed by atoms with Gasteiger partial charge in [0.05, 0.1) is 25.1 Å². The molecule has 3 heterocycles. The molecule has 0 bridgehead atoms. The second-order valence-corrected chi connectivity index (χ2v) is 6.17. The lowest BCUT2D eigenvalue weighted by Crippen LogP contribution is -2.53. The Morgan fingerprint density at radius 2 is 2.09 bits per heavy atom. The first-order valence-corrected chi connectivity index (χ1v) is 7.62. The van der Waals surface area contributed by atoms with E-state index in [4.69, 9.17) is 22.1 Å². The summed E-state index contributed by atoms with van der Waals surface area (Å²) in [5.74, 6) is 0.253. The normalized spacial score (nSPS) is 43.7. The van der Waals surface area contributed by atoms with Crippen LogP contribution in [0.1, 0.15) is 6.42 Å². The van der Waals surface area contributed by atoms with E-state index in [1.54, 1.807) is 11.0 Å². The highest BCUT2D eigenvalue weighted by Gasteiger charge is 2.45. The molecule has 0 radical (unpaired) electrons. The lowest BCUT2D eigenvalue weighted by atomic mass is 10.0. The highest BCUT2D eigenvalue weighted by molar-refractivity contribution is 6.30. The van der Waals surface area contributed by atoms with Gasteiger partial charge in [-0.05, 0) is 6.08 Å². The first-order valence-electron chi connectivity index (χ1n) is 7.25. The Morgan fingerprint density at radius 3 is 2.78 bits per heavy atom. The predicted molar refractivity (Wildman–Crippen MR) is 81.8 cm³/mol. The molecule has 3 rings (SSSR count). The van der Waals surface area contributed by atoms with Gasteiger partial charge in [0.1, 0.15) is 35.3 Å². The Labute approximate surface area is 137 Å². The lowest BCUT2D eigenvalue weighted by molar-refractivity contribution is -0.158. The van der Waals surface area contributed by atoms with Gasteiger partial charge < -0.3 is 35.8 Å². The standard InChI is InChI=1S/C13H19ClN4O5/c14-9-1-5-10(12(15)17-9)16-4-18(5)13-7(21)2-6(20)11(22)8(3-19)23-13/h1,4-8,10-11,13,19-22H,2-3H2,(H2,15,17)/t5?,6-,7-,8-,10?,11+,13?/m1/s1. The van der Waals surface area contributed by atoms with Crippen LogP contribution in [0.5, 0.6) is 0 Å². The summed E-state index contributed by atoms with van der Waals surface area (Å²) in [5.41, 5.74) is 5.83.